The third kappa shape index (κ3) is 2.13. The largest absolute Gasteiger partial charge is 0.550 e. The molecule has 1 saturated carbocycles. The topological polar surface area (TPSA) is 66.4 Å². The monoisotopic (exact) mass is 211 g/mol. The standard InChI is InChI=1S/C11H16O4/c12-9-6-8(11(13)14)10(15-9)7-4-2-1-3-5-7/h7-8,10H,1-6H2,(H,13,14)/p-1/t8-,10+/m1/s1. The van der Waals surface area contributed by atoms with Gasteiger partial charge < -0.3 is 14.6 Å². The van der Waals surface area contributed by atoms with Crippen LogP contribution in [-0.4, -0.2) is 18.0 Å². The number of esters is 1. The van der Waals surface area contributed by atoms with E-state index in [9.17, 15) is 14.7 Å². The zero-order valence-electron chi connectivity index (χ0n) is 8.61. The number of carbonyl (C=O) groups is 2. The van der Waals surface area contributed by atoms with Crippen LogP contribution in [0.4, 0.5) is 0 Å². The van der Waals surface area contributed by atoms with Crippen LogP contribution < -0.4 is 5.11 Å². The van der Waals surface area contributed by atoms with Crippen molar-refractivity contribution in [1.29, 1.82) is 0 Å². The molecule has 2 rings (SSSR count). The van der Waals surface area contributed by atoms with Crippen molar-refractivity contribution in [2.24, 2.45) is 11.8 Å². The van der Waals surface area contributed by atoms with E-state index in [2.05, 4.69) is 0 Å². The molecule has 4 heteroatoms. The van der Waals surface area contributed by atoms with Gasteiger partial charge in [0, 0.05) is 11.9 Å². The van der Waals surface area contributed by atoms with E-state index in [1.165, 1.54) is 6.42 Å². The minimum absolute atomic E-state index is 0.0104. The molecule has 1 saturated heterocycles. The van der Waals surface area contributed by atoms with Crippen LogP contribution >= 0.6 is 0 Å². The summed E-state index contributed by atoms with van der Waals surface area (Å²) in [5.74, 6) is -2.02. The summed E-state index contributed by atoms with van der Waals surface area (Å²) in [5, 5.41) is 10.9. The van der Waals surface area contributed by atoms with Gasteiger partial charge in [-0.05, 0) is 18.8 Å². The summed E-state index contributed by atoms with van der Waals surface area (Å²) >= 11 is 0. The molecule has 84 valence electrons. The highest BCUT2D eigenvalue weighted by atomic mass is 16.6. The van der Waals surface area contributed by atoms with Crippen LogP contribution in [-0.2, 0) is 14.3 Å². The second kappa shape index (κ2) is 4.21. The van der Waals surface area contributed by atoms with Gasteiger partial charge in [0.2, 0.25) is 0 Å². The Hall–Kier alpha value is -1.06. The molecule has 0 unspecified atom stereocenters. The van der Waals surface area contributed by atoms with Crippen LogP contribution in [0.25, 0.3) is 0 Å². The zero-order valence-corrected chi connectivity index (χ0v) is 8.61. The number of ether oxygens (including phenoxy) is 1. The van der Waals surface area contributed by atoms with Gasteiger partial charge in [0.15, 0.2) is 0 Å². The number of cyclic esters (lactones) is 1. The van der Waals surface area contributed by atoms with Gasteiger partial charge in [-0.2, -0.15) is 0 Å². The summed E-state index contributed by atoms with van der Waals surface area (Å²) in [6, 6.07) is 0. The van der Waals surface area contributed by atoms with Crippen LogP contribution in [0, 0.1) is 11.8 Å². The van der Waals surface area contributed by atoms with Crippen LogP contribution in [0.1, 0.15) is 38.5 Å². The van der Waals surface area contributed by atoms with Gasteiger partial charge in [0.05, 0.1) is 6.42 Å². The van der Waals surface area contributed by atoms with Crippen molar-refractivity contribution >= 4 is 11.9 Å². The minimum Gasteiger partial charge on any atom is -0.550 e. The molecule has 0 amide bonds. The highest BCUT2D eigenvalue weighted by Gasteiger charge is 2.40. The zero-order chi connectivity index (χ0) is 10.8. The quantitative estimate of drug-likeness (QED) is 0.614. The number of carbonyl (C=O) groups excluding carboxylic acids is 2. The summed E-state index contributed by atoms with van der Waals surface area (Å²) in [4.78, 5) is 22.0. The van der Waals surface area contributed by atoms with E-state index in [-0.39, 0.29) is 18.3 Å². The molecule has 4 nitrogen and oxygen atoms in total. The first kappa shape index (κ1) is 10.5. The van der Waals surface area contributed by atoms with Gasteiger partial charge in [-0.1, -0.05) is 19.3 Å². The molecule has 0 spiro atoms. The fourth-order valence-corrected chi connectivity index (χ4v) is 2.68. The van der Waals surface area contributed by atoms with Crippen LogP contribution in [0.5, 0.6) is 0 Å². The van der Waals surface area contributed by atoms with Crippen LogP contribution in [0.3, 0.4) is 0 Å². The number of carboxylic acid groups (broad SMARTS) is 1. The van der Waals surface area contributed by atoms with Crippen molar-refractivity contribution in [3.05, 3.63) is 0 Å². The maximum absolute atomic E-state index is 11.1. The molecule has 1 aliphatic heterocycles. The second-order valence-corrected chi connectivity index (χ2v) is 4.48. The lowest BCUT2D eigenvalue weighted by Crippen LogP contribution is -2.40. The second-order valence-electron chi connectivity index (χ2n) is 4.48. The van der Waals surface area contributed by atoms with Crippen LogP contribution in [0.2, 0.25) is 0 Å². The molecule has 2 aliphatic rings. The average molecular weight is 211 g/mol. The molecular weight excluding hydrogens is 196 g/mol. The normalized spacial score (nSPS) is 32.7. The smallest absolute Gasteiger partial charge is 0.306 e. The Balaban J connectivity index is 2.05. The Labute approximate surface area is 88.6 Å². The predicted octanol–water partition coefficient (Wildman–Crippen LogP) is 0.248. The maximum atomic E-state index is 11.1. The summed E-state index contributed by atoms with van der Waals surface area (Å²) in [7, 11) is 0. The molecule has 0 N–H and O–H groups in total. The fourth-order valence-electron chi connectivity index (χ4n) is 2.68. The molecule has 2 atom stereocenters. The molecular formula is C11H15O4-. The van der Waals surface area contributed by atoms with Gasteiger partial charge in [-0.3, -0.25) is 4.79 Å². The first-order valence-electron chi connectivity index (χ1n) is 5.59. The highest BCUT2D eigenvalue weighted by molar-refractivity contribution is 5.81. The summed E-state index contributed by atoms with van der Waals surface area (Å²) in [6.45, 7) is 0. The Morgan fingerprint density at radius 2 is 1.93 bits per heavy atom. The molecule has 1 aliphatic carbocycles. The summed E-state index contributed by atoms with van der Waals surface area (Å²) in [6.07, 6.45) is 4.93. The van der Waals surface area contributed by atoms with Gasteiger partial charge in [-0.25, -0.2) is 0 Å². The lowest BCUT2D eigenvalue weighted by Gasteiger charge is -2.30. The van der Waals surface area contributed by atoms with Crippen molar-refractivity contribution in [3.8, 4) is 0 Å². The SMILES string of the molecule is O=C1C[C@@H](C(=O)[O-])[C@H](C2CCCCC2)O1. The third-order valence-corrected chi connectivity index (χ3v) is 3.47. The maximum Gasteiger partial charge on any atom is 0.306 e. The van der Waals surface area contributed by atoms with Gasteiger partial charge in [-0.15, -0.1) is 0 Å². The Bertz CT molecular complexity index is 268. The number of aliphatic carboxylic acids is 1. The van der Waals surface area contributed by atoms with Gasteiger partial charge >= 0.3 is 5.97 Å². The van der Waals surface area contributed by atoms with Crippen molar-refractivity contribution in [3.63, 3.8) is 0 Å². The Kier molecular flexibility index (Phi) is 2.93. The van der Waals surface area contributed by atoms with E-state index >= 15 is 0 Å². The van der Waals surface area contributed by atoms with E-state index in [1.54, 1.807) is 0 Å². The first-order valence-corrected chi connectivity index (χ1v) is 5.59. The molecule has 0 aromatic rings. The number of hydrogen-bond acceptors (Lipinski definition) is 4. The summed E-state index contributed by atoms with van der Waals surface area (Å²) < 4.78 is 5.11. The minimum atomic E-state index is -1.14. The predicted molar refractivity (Wildman–Crippen MR) is 49.6 cm³/mol. The summed E-state index contributed by atoms with van der Waals surface area (Å²) in [5.41, 5.74) is 0. The van der Waals surface area contributed by atoms with E-state index in [0.717, 1.165) is 25.7 Å². The van der Waals surface area contributed by atoms with Crippen LogP contribution in [0.15, 0.2) is 0 Å². The molecule has 0 radical (unpaired) electrons. The van der Waals surface area contributed by atoms with E-state index < -0.39 is 18.0 Å². The third-order valence-electron chi connectivity index (χ3n) is 3.47. The van der Waals surface area contributed by atoms with E-state index in [4.69, 9.17) is 4.74 Å². The molecule has 15 heavy (non-hydrogen) atoms. The molecule has 2 fully saturated rings. The average Bonchev–Trinajstić information content (AvgIpc) is 2.62. The lowest BCUT2D eigenvalue weighted by molar-refractivity contribution is -0.313. The number of hydrogen-bond donors (Lipinski definition) is 0. The first-order chi connectivity index (χ1) is 7.18. The van der Waals surface area contributed by atoms with Crippen molar-refractivity contribution in [2.75, 3.05) is 0 Å². The lowest BCUT2D eigenvalue weighted by atomic mass is 9.80. The molecule has 1 heterocycles. The van der Waals surface area contributed by atoms with E-state index in [0.29, 0.717) is 0 Å². The number of carboxylic acids is 1. The van der Waals surface area contributed by atoms with Crippen molar-refractivity contribution in [2.45, 2.75) is 44.6 Å². The van der Waals surface area contributed by atoms with Gasteiger partial charge in [0.25, 0.3) is 0 Å². The van der Waals surface area contributed by atoms with Gasteiger partial charge in [0.1, 0.15) is 6.10 Å². The van der Waals surface area contributed by atoms with Crippen molar-refractivity contribution in [1.82, 2.24) is 0 Å². The van der Waals surface area contributed by atoms with Crippen molar-refractivity contribution < 1.29 is 19.4 Å². The Morgan fingerprint density at radius 1 is 1.27 bits per heavy atom. The van der Waals surface area contributed by atoms with E-state index in [1.807, 2.05) is 0 Å². The Morgan fingerprint density at radius 3 is 2.53 bits per heavy atom. The fraction of sp³-hybridized carbons (Fsp3) is 0.818. The molecule has 0 aromatic heterocycles. The molecule has 0 aromatic carbocycles. The molecule has 0 bridgehead atoms. The number of rotatable bonds is 2. The highest BCUT2D eigenvalue weighted by Crippen LogP contribution is 2.35.